The largest absolute Gasteiger partial charge is 0.354 e. The number of carbonyl (C=O) groups is 1. The van der Waals surface area contributed by atoms with Gasteiger partial charge in [0.1, 0.15) is 10.8 Å². The van der Waals surface area contributed by atoms with E-state index < -0.39 is 0 Å². The van der Waals surface area contributed by atoms with Crippen LogP contribution in [0.4, 0.5) is 4.39 Å². The highest BCUT2D eigenvalue weighted by atomic mass is 32.1. The molecule has 1 aromatic carbocycles. The topological polar surface area (TPSA) is 71.2 Å². The highest BCUT2D eigenvalue weighted by molar-refractivity contribution is 7.13. The lowest BCUT2D eigenvalue weighted by atomic mass is 10.0. The van der Waals surface area contributed by atoms with Gasteiger partial charge in [-0.15, -0.1) is 11.3 Å². The van der Waals surface area contributed by atoms with Gasteiger partial charge in [0, 0.05) is 43.0 Å². The monoisotopic (exact) mass is 376 g/mol. The maximum absolute atomic E-state index is 13.1. The smallest absolute Gasteiger partial charge is 0.221 e. The van der Waals surface area contributed by atoms with Crippen molar-refractivity contribution in [1.29, 1.82) is 0 Å². The summed E-state index contributed by atoms with van der Waals surface area (Å²) in [6.45, 7) is 2.83. The molecule has 3 rings (SSSR count). The molecule has 1 atom stereocenters. The van der Waals surface area contributed by atoms with Crippen molar-refractivity contribution in [1.82, 2.24) is 15.2 Å². The Morgan fingerprint density at radius 1 is 1.35 bits per heavy atom. The van der Waals surface area contributed by atoms with E-state index in [2.05, 4.69) is 15.6 Å². The summed E-state index contributed by atoms with van der Waals surface area (Å²) in [5.74, 6) is -0.219. The van der Waals surface area contributed by atoms with Gasteiger partial charge in [-0.25, -0.2) is 9.37 Å². The molecular weight excluding hydrogens is 351 g/mol. The summed E-state index contributed by atoms with van der Waals surface area (Å²) in [5, 5.41) is 5.97. The van der Waals surface area contributed by atoms with E-state index in [-0.39, 0.29) is 11.7 Å². The number of likely N-dealkylation sites (tertiary alicyclic amines) is 1. The van der Waals surface area contributed by atoms with Crippen LogP contribution in [-0.2, 0) is 11.3 Å². The Morgan fingerprint density at radius 3 is 2.92 bits per heavy atom. The van der Waals surface area contributed by atoms with Gasteiger partial charge < -0.3 is 11.1 Å². The summed E-state index contributed by atoms with van der Waals surface area (Å²) >= 11 is 1.58. The molecule has 1 fully saturated rings. The maximum Gasteiger partial charge on any atom is 0.221 e. The Hall–Kier alpha value is -1.83. The molecule has 1 saturated heterocycles. The van der Waals surface area contributed by atoms with Crippen LogP contribution in [0.15, 0.2) is 29.6 Å². The maximum atomic E-state index is 13.1. The number of hydrogen-bond donors (Lipinski definition) is 2. The normalized spacial score (nSPS) is 18.0. The first kappa shape index (κ1) is 18.9. The highest BCUT2D eigenvalue weighted by Crippen LogP contribution is 2.26. The van der Waals surface area contributed by atoms with Gasteiger partial charge in [0.15, 0.2) is 0 Å². The van der Waals surface area contributed by atoms with Gasteiger partial charge in [0.05, 0.1) is 5.69 Å². The lowest BCUT2D eigenvalue weighted by molar-refractivity contribution is -0.121. The van der Waals surface area contributed by atoms with Gasteiger partial charge >= 0.3 is 0 Å². The van der Waals surface area contributed by atoms with Crippen LogP contribution in [0.3, 0.4) is 0 Å². The molecule has 1 aliphatic heterocycles. The number of hydrogen-bond acceptors (Lipinski definition) is 5. The van der Waals surface area contributed by atoms with E-state index in [9.17, 15) is 9.18 Å². The van der Waals surface area contributed by atoms with Crippen molar-refractivity contribution < 1.29 is 9.18 Å². The summed E-state index contributed by atoms with van der Waals surface area (Å²) in [6, 6.07) is 6.77. The second kappa shape index (κ2) is 9.21. The minimum Gasteiger partial charge on any atom is -0.354 e. The van der Waals surface area contributed by atoms with Gasteiger partial charge in [-0.05, 0) is 43.7 Å². The molecule has 0 aliphatic carbocycles. The van der Waals surface area contributed by atoms with Crippen molar-refractivity contribution >= 4 is 17.2 Å². The molecule has 3 N–H and O–H groups in total. The average Bonchev–Trinajstić information content (AvgIpc) is 3.10. The van der Waals surface area contributed by atoms with Crippen LogP contribution in [0.1, 0.15) is 31.4 Å². The van der Waals surface area contributed by atoms with E-state index in [4.69, 9.17) is 10.7 Å². The average molecular weight is 377 g/mol. The molecule has 0 radical (unpaired) electrons. The predicted molar refractivity (Wildman–Crippen MR) is 102 cm³/mol. The van der Waals surface area contributed by atoms with Crippen molar-refractivity contribution in [2.75, 3.05) is 19.6 Å². The number of amides is 1. The first-order valence-corrected chi connectivity index (χ1v) is 9.95. The lowest BCUT2D eigenvalue weighted by Crippen LogP contribution is -2.46. The van der Waals surface area contributed by atoms with E-state index >= 15 is 0 Å². The van der Waals surface area contributed by atoms with Gasteiger partial charge in [0.25, 0.3) is 0 Å². The second-order valence-corrected chi connectivity index (χ2v) is 7.47. The Labute approximate surface area is 157 Å². The molecule has 140 valence electrons. The molecule has 7 heteroatoms. The summed E-state index contributed by atoms with van der Waals surface area (Å²) < 4.78 is 13.1. The molecule has 1 unspecified atom stereocenters. The van der Waals surface area contributed by atoms with Gasteiger partial charge in [-0.2, -0.15) is 0 Å². The fourth-order valence-corrected chi connectivity index (χ4v) is 4.08. The van der Waals surface area contributed by atoms with Crippen LogP contribution < -0.4 is 11.1 Å². The van der Waals surface area contributed by atoms with E-state index in [0.717, 1.165) is 35.8 Å². The SMILES string of the molecule is NCCC(=O)NCC1CCCCN1Cc1csc(-c2ccc(F)cc2)n1. The van der Waals surface area contributed by atoms with E-state index in [1.807, 2.05) is 0 Å². The van der Waals surface area contributed by atoms with E-state index in [1.165, 1.54) is 25.0 Å². The molecule has 0 bridgehead atoms. The van der Waals surface area contributed by atoms with Gasteiger partial charge in [0.2, 0.25) is 5.91 Å². The van der Waals surface area contributed by atoms with Crippen LogP contribution in [0, 0.1) is 5.82 Å². The minimum absolute atomic E-state index is 0.0188. The zero-order valence-electron chi connectivity index (χ0n) is 14.8. The van der Waals surface area contributed by atoms with Gasteiger partial charge in [-0.1, -0.05) is 6.42 Å². The summed E-state index contributed by atoms with van der Waals surface area (Å²) in [4.78, 5) is 18.8. The van der Waals surface area contributed by atoms with Crippen LogP contribution >= 0.6 is 11.3 Å². The molecule has 2 aromatic rings. The van der Waals surface area contributed by atoms with Crippen molar-refractivity contribution in [2.24, 2.45) is 5.73 Å². The van der Waals surface area contributed by atoms with E-state index in [0.29, 0.717) is 25.6 Å². The second-order valence-electron chi connectivity index (χ2n) is 6.61. The first-order valence-electron chi connectivity index (χ1n) is 9.07. The van der Waals surface area contributed by atoms with E-state index in [1.54, 1.807) is 23.5 Å². The first-order chi connectivity index (χ1) is 12.7. The molecule has 5 nitrogen and oxygen atoms in total. The van der Waals surface area contributed by atoms with Crippen LogP contribution in [-0.4, -0.2) is 41.5 Å². The predicted octanol–water partition coefficient (Wildman–Crippen LogP) is 2.77. The van der Waals surface area contributed by atoms with Crippen molar-refractivity contribution in [3.05, 3.63) is 41.2 Å². The number of piperidine rings is 1. The molecule has 2 heterocycles. The van der Waals surface area contributed by atoms with Crippen LogP contribution in [0.5, 0.6) is 0 Å². The number of thiazole rings is 1. The van der Waals surface area contributed by atoms with Crippen LogP contribution in [0.25, 0.3) is 10.6 Å². The number of carbonyl (C=O) groups excluding carboxylic acids is 1. The number of nitrogens with two attached hydrogens (primary N) is 1. The fourth-order valence-electron chi connectivity index (χ4n) is 3.26. The number of nitrogens with zero attached hydrogens (tertiary/aromatic N) is 2. The molecular formula is C19H25FN4OS. The van der Waals surface area contributed by atoms with Crippen molar-refractivity contribution in [3.63, 3.8) is 0 Å². The lowest BCUT2D eigenvalue weighted by Gasteiger charge is -2.35. The molecule has 1 aromatic heterocycles. The minimum atomic E-state index is -0.238. The van der Waals surface area contributed by atoms with Gasteiger partial charge in [-0.3, -0.25) is 9.69 Å². The number of aromatic nitrogens is 1. The molecule has 0 saturated carbocycles. The number of rotatable bonds is 7. The molecule has 1 aliphatic rings. The highest BCUT2D eigenvalue weighted by Gasteiger charge is 2.23. The summed E-state index contributed by atoms with van der Waals surface area (Å²) in [7, 11) is 0. The number of nitrogens with one attached hydrogen (secondary N) is 1. The fraction of sp³-hybridized carbons (Fsp3) is 0.474. The zero-order chi connectivity index (χ0) is 18.4. The number of benzene rings is 1. The zero-order valence-corrected chi connectivity index (χ0v) is 15.6. The molecule has 1 amide bonds. The Morgan fingerprint density at radius 2 is 2.15 bits per heavy atom. The third-order valence-electron chi connectivity index (χ3n) is 4.66. The Balaban J connectivity index is 1.61. The van der Waals surface area contributed by atoms with Crippen molar-refractivity contribution in [2.45, 2.75) is 38.3 Å². The number of halogens is 1. The Bertz CT molecular complexity index is 719. The standard InChI is InChI=1S/C19H25FN4OS/c20-15-6-4-14(5-7-15)19-23-16(13-26-19)12-24-10-2-1-3-17(24)11-22-18(25)8-9-21/h4-7,13,17H,1-3,8-12,21H2,(H,22,25). The van der Waals surface area contributed by atoms with Crippen LogP contribution in [0.2, 0.25) is 0 Å². The molecule has 0 spiro atoms. The third-order valence-corrected chi connectivity index (χ3v) is 5.60. The quantitative estimate of drug-likeness (QED) is 0.779. The Kier molecular flexibility index (Phi) is 6.71. The van der Waals surface area contributed by atoms with Crippen molar-refractivity contribution in [3.8, 4) is 10.6 Å². The summed E-state index contributed by atoms with van der Waals surface area (Å²) in [6.07, 6.45) is 3.81. The third kappa shape index (κ3) is 5.09. The summed E-state index contributed by atoms with van der Waals surface area (Å²) in [5.41, 5.74) is 7.39. The molecule has 26 heavy (non-hydrogen) atoms.